The summed E-state index contributed by atoms with van der Waals surface area (Å²) in [5.74, 6) is 0.749. The molecule has 7 nitrogen and oxygen atoms in total. The second-order valence-corrected chi connectivity index (χ2v) is 7.11. The van der Waals surface area contributed by atoms with Crippen LogP contribution in [0.15, 0.2) is 34.3 Å². The van der Waals surface area contributed by atoms with Crippen molar-refractivity contribution in [2.45, 2.75) is 42.5 Å². The number of thioether (sulfide) groups is 1. The third kappa shape index (κ3) is 2.60. The van der Waals surface area contributed by atoms with E-state index in [1.165, 1.54) is 22.8 Å². The first-order chi connectivity index (χ1) is 11.1. The minimum atomic E-state index is -0.310. The Morgan fingerprint density at radius 1 is 1.35 bits per heavy atom. The number of aromatic nitrogens is 3. The van der Waals surface area contributed by atoms with Gasteiger partial charge in [0.2, 0.25) is 0 Å². The van der Waals surface area contributed by atoms with Gasteiger partial charge in [-0.3, -0.25) is 9.69 Å². The number of rotatable bonds is 3. The summed E-state index contributed by atoms with van der Waals surface area (Å²) in [6, 6.07) is 3.63. The van der Waals surface area contributed by atoms with Gasteiger partial charge in [0, 0.05) is 13.1 Å². The number of hydrogen-bond acceptors (Lipinski definition) is 7. The fourth-order valence-electron chi connectivity index (χ4n) is 3.37. The molecule has 0 radical (unpaired) electrons. The van der Waals surface area contributed by atoms with Gasteiger partial charge in [0.1, 0.15) is 17.3 Å². The van der Waals surface area contributed by atoms with Gasteiger partial charge in [0.25, 0.3) is 5.91 Å². The lowest BCUT2D eigenvalue weighted by Crippen LogP contribution is -2.50. The molecule has 4 unspecified atom stereocenters. The maximum Gasteiger partial charge on any atom is 0.265 e. The first-order valence-electron chi connectivity index (χ1n) is 7.67. The molecule has 8 heteroatoms. The van der Waals surface area contributed by atoms with Gasteiger partial charge in [-0.05, 0) is 26.0 Å². The van der Waals surface area contributed by atoms with E-state index in [2.05, 4.69) is 28.8 Å². The lowest BCUT2D eigenvalue weighted by molar-refractivity contribution is -0.0824. The second kappa shape index (κ2) is 5.77. The molecule has 0 bridgehead atoms. The quantitative estimate of drug-likeness (QED) is 0.848. The molecule has 0 aliphatic carbocycles. The Labute approximate surface area is 138 Å². The predicted octanol–water partition coefficient (Wildman–Crippen LogP) is 1.84. The topological polar surface area (TPSA) is 73.4 Å². The monoisotopic (exact) mass is 334 g/mol. The van der Waals surface area contributed by atoms with Crippen molar-refractivity contribution in [1.82, 2.24) is 19.7 Å². The Bertz CT molecular complexity index is 691. The summed E-state index contributed by atoms with van der Waals surface area (Å²) in [5, 5.41) is 4.36. The van der Waals surface area contributed by atoms with E-state index in [9.17, 15) is 4.79 Å². The zero-order valence-corrected chi connectivity index (χ0v) is 13.8. The molecule has 4 rings (SSSR count). The lowest BCUT2D eigenvalue weighted by atomic mass is 10.1. The van der Waals surface area contributed by atoms with Crippen molar-refractivity contribution >= 4 is 17.7 Å². The molecule has 4 heterocycles. The number of hydrogen-bond donors (Lipinski definition) is 0. The summed E-state index contributed by atoms with van der Waals surface area (Å²) in [4.78, 5) is 19.2. The van der Waals surface area contributed by atoms with Crippen LogP contribution in [0.5, 0.6) is 0 Å². The maximum absolute atomic E-state index is 12.7. The average Bonchev–Trinajstić information content (AvgIpc) is 3.20. The van der Waals surface area contributed by atoms with Crippen LogP contribution in [0.1, 0.15) is 30.4 Å². The zero-order chi connectivity index (χ0) is 16.0. The zero-order valence-electron chi connectivity index (χ0n) is 13.0. The molecule has 1 fully saturated rings. The summed E-state index contributed by atoms with van der Waals surface area (Å²) >= 11 is 1.45. The van der Waals surface area contributed by atoms with E-state index in [1.54, 1.807) is 6.26 Å². The van der Waals surface area contributed by atoms with Gasteiger partial charge < -0.3 is 9.15 Å². The molecule has 0 saturated carbocycles. The van der Waals surface area contributed by atoms with Crippen LogP contribution in [0.25, 0.3) is 0 Å². The van der Waals surface area contributed by atoms with Crippen molar-refractivity contribution in [2.24, 2.45) is 0 Å². The van der Waals surface area contributed by atoms with E-state index < -0.39 is 0 Å². The highest BCUT2D eigenvalue weighted by molar-refractivity contribution is 8.00. The average molecular weight is 334 g/mol. The van der Waals surface area contributed by atoms with Crippen molar-refractivity contribution in [3.05, 3.63) is 30.5 Å². The number of fused-ring (bicyclic) bond motifs is 1. The summed E-state index contributed by atoms with van der Waals surface area (Å²) in [6.07, 6.45) is 3.30. The van der Waals surface area contributed by atoms with Crippen molar-refractivity contribution in [2.75, 3.05) is 13.1 Å². The Morgan fingerprint density at radius 2 is 2.13 bits per heavy atom. The van der Waals surface area contributed by atoms with Gasteiger partial charge in [0.15, 0.2) is 5.16 Å². The molecular weight excluding hydrogens is 316 g/mol. The van der Waals surface area contributed by atoms with Crippen LogP contribution >= 0.6 is 11.8 Å². The Kier molecular flexibility index (Phi) is 3.74. The highest BCUT2D eigenvalue weighted by atomic mass is 32.2. The SMILES string of the molecule is CC1CN(C(c2ccco2)C2Sc3ncnn3C2=O)CC(C)O1. The van der Waals surface area contributed by atoms with Crippen LogP contribution in [0.4, 0.5) is 0 Å². The van der Waals surface area contributed by atoms with Crippen LogP contribution in [0, 0.1) is 0 Å². The molecule has 2 aliphatic heterocycles. The molecule has 2 aromatic rings. The van der Waals surface area contributed by atoms with Crippen LogP contribution in [0.3, 0.4) is 0 Å². The highest BCUT2D eigenvalue weighted by Gasteiger charge is 2.45. The molecule has 2 aliphatic rings. The number of morpholine rings is 1. The minimum Gasteiger partial charge on any atom is -0.468 e. The third-order valence-electron chi connectivity index (χ3n) is 4.16. The smallest absolute Gasteiger partial charge is 0.265 e. The predicted molar refractivity (Wildman–Crippen MR) is 83.3 cm³/mol. The molecule has 23 heavy (non-hydrogen) atoms. The van der Waals surface area contributed by atoms with E-state index in [1.807, 2.05) is 12.1 Å². The number of carbonyl (C=O) groups is 1. The number of ether oxygens (including phenoxy) is 1. The summed E-state index contributed by atoms with van der Waals surface area (Å²) in [6.45, 7) is 5.63. The second-order valence-electron chi connectivity index (χ2n) is 6.00. The molecule has 0 spiro atoms. The van der Waals surface area contributed by atoms with Crippen molar-refractivity contribution in [1.29, 1.82) is 0 Å². The Hall–Kier alpha value is -1.64. The van der Waals surface area contributed by atoms with Gasteiger partial charge in [-0.25, -0.2) is 4.98 Å². The largest absolute Gasteiger partial charge is 0.468 e. The van der Waals surface area contributed by atoms with Crippen LogP contribution in [-0.2, 0) is 4.74 Å². The fourth-order valence-corrected chi connectivity index (χ4v) is 4.58. The summed E-state index contributed by atoms with van der Waals surface area (Å²) in [7, 11) is 0. The van der Waals surface area contributed by atoms with E-state index >= 15 is 0 Å². The fraction of sp³-hybridized carbons (Fsp3) is 0.533. The van der Waals surface area contributed by atoms with Gasteiger partial charge in [-0.2, -0.15) is 9.78 Å². The molecule has 2 aromatic heterocycles. The van der Waals surface area contributed by atoms with Gasteiger partial charge in [-0.15, -0.1) is 0 Å². The third-order valence-corrected chi connectivity index (χ3v) is 5.37. The van der Waals surface area contributed by atoms with Crippen LogP contribution < -0.4 is 0 Å². The van der Waals surface area contributed by atoms with E-state index in [0.29, 0.717) is 5.16 Å². The molecule has 0 amide bonds. The molecule has 4 atom stereocenters. The molecule has 122 valence electrons. The van der Waals surface area contributed by atoms with Crippen LogP contribution in [0.2, 0.25) is 0 Å². The summed E-state index contributed by atoms with van der Waals surface area (Å²) in [5.41, 5.74) is 0. The standard InChI is InChI=1S/C15H18N4O3S/c1-9-6-18(7-10(2)22-9)12(11-4-3-5-21-11)13-14(20)19-15(23-13)16-8-17-19/h3-5,8-10,12-13H,6-7H2,1-2H3. The Balaban J connectivity index is 1.67. The van der Waals surface area contributed by atoms with Crippen LogP contribution in [-0.4, -0.2) is 56.1 Å². The van der Waals surface area contributed by atoms with Crippen molar-refractivity contribution < 1.29 is 13.9 Å². The normalized spacial score (nSPS) is 29.7. The highest BCUT2D eigenvalue weighted by Crippen LogP contribution is 2.41. The Morgan fingerprint density at radius 3 is 2.78 bits per heavy atom. The van der Waals surface area contributed by atoms with Crippen molar-refractivity contribution in [3.63, 3.8) is 0 Å². The number of carbonyl (C=O) groups excluding carboxylic acids is 1. The maximum atomic E-state index is 12.7. The summed E-state index contributed by atoms with van der Waals surface area (Å²) < 4.78 is 12.9. The molecule has 1 saturated heterocycles. The van der Waals surface area contributed by atoms with E-state index in [4.69, 9.17) is 9.15 Å². The molecular formula is C15H18N4O3S. The van der Waals surface area contributed by atoms with Gasteiger partial charge >= 0.3 is 0 Å². The van der Waals surface area contributed by atoms with Crippen molar-refractivity contribution in [3.8, 4) is 0 Å². The first kappa shape index (κ1) is 14.9. The minimum absolute atomic E-state index is 0.0457. The van der Waals surface area contributed by atoms with Gasteiger partial charge in [0.05, 0.1) is 24.5 Å². The number of furan rings is 1. The van der Waals surface area contributed by atoms with E-state index in [0.717, 1.165) is 18.8 Å². The molecule has 0 aromatic carbocycles. The molecule has 0 N–H and O–H groups in total. The van der Waals surface area contributed by atoms with E-state index in [-0.39, 0.29) is 29.4 Å². The first-order valence-corrected chi connectivity index (χ1v) is 8.55. The number of nitrogens with zero attached hydrogens (tertiary/aromatic N) is 4. The van der Waals surface area contributed by atoms with Gasteiger partial charge in [-0.1, -0.05) is 11.8 Å². The lowest BCUT2D eigenvalue weighted by Gasteiger charge is -2.40.